The average molecular weight is 394 g/mol. The molecule has 1 aromatic carbocycles. The fourth-order valence-corrected chi connectivity index (χ4v) is 3.58. The van der Waals surface area contributed by atoms with Crippen molar-refractivity contribution >= 4 is 11.6 Å². The van der Waals surface area contributed by atoms with Gasteiger partial charge in [0.25, 0.3) is 0 Å². The Kier molecular flexibility index (Phi) is 5.76. The Morgan fingerprint density at radius 3 is 2.79 bits per heavy atom. The summed E-state index contributed by atoms with van der Waals surface area (Å²) in [6.07, 6.45) is 3.51. The van der Waals surface area contributed by atoms with Crippen LogP contribution in [0.1, 0.15) is 44.3 Å². The second-order valence-electron chi connectivity index (χ2n) is 7.82. The van der Waals surface area contributed by atoms with E-state index < -0.39 is 0 Å². The number of nitrogens with zero attached hydrogens (tertiary/aromatic N) is 3. The first-order valence-electron chi connectivity index (χ1n) is 10.1. The van der Waals surface area contributed by atoms with Crippen molar-refractivity contribution in [3.63, 3.8) is 0 Å². The zero-order valence-corrected chi connectivity index (χ0v) is 16.8. The highest BCUT2D eigenvalue weighted by Crippen LogP contribution is 2.24. The summed E-state index contributed by atoms with van der Waals surface area (Å²) in [4.78, 5) is 19.4. The third-order valence-corrected chi connectivity index (χ3v) is 5.18. The highest BCUT2D eigenvalue weighted by Gasteiger charge is 2.27. The third-order valence-electron chi connectivity index (χ3n) is 5.18. The quantitative estimate of drug-likeness (QED) is 0.671. The van der Waals surface area contributed by atoms with Gasteiger partial charge in [0, 0.05) is 23.7 Å². The molecule has 7 nitrogen and oxygen atoms in total. The van der Waals surface area contributed by atoms with E-state index in [0.717, 1.165) is 36.4 Å². The molecule has 0 spiro atoms. The molecule has 152 valence electrons. The molecule has 29 heavy (non-hydrogen) atoms. The molecule has 0 bridgehead atoms. The number of anilines is 1. The number of amides is 1. The van der Waals surface area contributed by atoms with Gasteiger partial charge in [-0.15, -0.1) is 0 Å². The van der Waals surface area contributed by atoms with E-state index in [1.54, 1.807) is 6.26 Å². The van der Waals surface area contributed by atoms with Crippen LogP contribution in [-0.2, 0) is 11.3 Å². The van der Waals surface area contributed by atoms with Crippen molar-refractivity contribution in [3.8, 4) is 11.3 Å². The molecule has 7 heteroatoms. The number of nitrogens with one attached hydrogen (secondary N) is 1. The normalized spacial score (nSPS) is 17.6. The second kappa shape index (κ2) is 8.61. The number of hydrogen-bond donors (Lipinski definition) is 1. The van der Waals surface area contributed by atoms with Crippen LogP contribution >= 0.6 is 0 Å². The highest BCUT2D eigenvalue weighted by atomic mass is 16.5. The van der Waals surface area contributed by atoms with Crippen LogP contribution in [-0.4, -0.2) is 34.0 Å². The zero-order valence-electron chi connectivity index (χ0n) is 16.8. The molecule has 0 saturated carbocycles. The molecular formula is C22H26N4O3. The summed E-state index contributed by atoms with van der Waals surface area (Å²) < 4.78 is 10.7. The Morgan fingerprint density at radius 1 is 1.28 bits per heavy atom. The second-order valence-corrected chi connectivity index (χ2v) is 7.82. The van der Waals surface area contributed by atoms with E-state index in [9.17, 15) is 4.79 Å². The third kappa shape index (κ3) is 4.74. The van der Waals surface area contributed by atoms with Gasteiger partial charge in [-0.05, 0) is 55.8 Å². The van der Waals surface area contributed by atoms with Gasteiger partial charge in [0.15, 0.2) is 5.82 Å². The highest BCUT2D eigenvalue weighted by molar-refractivity contribution is 5.93. The first-order valence-corrected chi connectivity index (χ1v) is 10.1. The van der Waals surface area contributed by atoms with Crippen LogP contribution < -0.4 is 5.32 Å². The monoisotopic (exact) mass is 394 g/mol. The molecule has 0 unspecified atom stereocenters. The van der Waals surface area contributed by atoms with Crippen molar-refractivity contribution in [2.24, 2.45) is 5.92 Å². The van der Waals surface area contributed by atoms with Gasteiger partial charge in [-0.2, -0.15) is 4.98 Å². The number of aromatic nitrogens is 2. The van der Waals surface area contributed by atoms with Crippen LogP contribution in [0.25, 0.3) is 11.3 Å². The van der Waals surface area contributed by atoms with Crippen molar-refractivity contribution in [1.82, 2.24) is 15.0 Å². The first kappa shape index (κ1) is 19.4. The fraction of sp³-hybridized carbons (Fsp3) is 0.409. The standard InChI is InChI=1S/C22H26N4O3/c1-15(2)22-24-20(25-29-22)14-26-11-3-5-17(13-26)21(27)23-18-9-7-16(8-10-18)19-6-4-12-28-19/h4,6-10,12,15,17H,3,5,11,13-14H2,1-2H3,(H,23,27)/t17-/m1/s1. The molecule has 4 rings (SSSR count). The fourth-order valence-electron chi connectivity index (χ4n) is 3.58. The van der Waals surface area contributed by atoms with Crippen LogP contribution in [0.15, 0.2) is 51.6 Å². The van der Waals surface area contributed by atoms with Crippen LogP contribution in [0.5, 0.6) is 0 Å². The van der Waals surface area contributed by atoms with Crippen molar-refractivity contribution in [2.45, 2.75) is 39.2 Å². The molecule has 1 amide bonds. The van der Waals surface area contributed by atoms with Crippen molar-refractivity contribution < 1.29 is 13.7 Å². The van der Waals surface area contributed by atoms with Gasteiger partial charge >= 0.3 is 0 Å². The lowest BCUT2D eigenvalue weighted by atomic mass is 9.97. The average Bonchev–Trinajstić information content (AvgIpc) is 3.41. The van der Waals surface area contributed by atoms with E-state index >= 15 is 0 Å². The molecule has 0 aliphatic carbocycles. The maximum absolute atomic E-state index is 12.8. The molecule has 1 fully saturated rings. The number of benzene rings is 1. The lowest BCUT2D eigenvalue weighted by Crippen LogP contribution is -2.40. The minimum atomic E-state index is -0.0510. The first-order chi connectivity index (χ1) is 14.1. The molecule has 0 radical (unpaired) electrons. The molecule has 3 aromatic rings. The van der Waals surface area contributed by atoms with E-state index in [0.29, 0.717) is 24.8 Å². The zero-order chi connectivity index (χ0) is 20.2. The minimum Gasteiger partial charge on any atom is -0.464 e. The predicted molar refractivity (Wildman–Crippen MR) is 109 cm³/mol. The summed E-state index contributed by atoms with van der Waals surface area (Å²) in [6.45, 7) is 6.30. The van der Waals surface area contributed by atoms with Crippen LogP contribution in [0, 0.1) is 5.92 Å². The van der Waals surface area contributed by atoms with E-state index in [-0.39, 0.29) is 17.7 Å². The van der Waals surface area contributed by atoms with Crippen molar-refractivity contribution in [3.05, 3.63) is 54.4 Å². The Hall–Kier alpha value is -2.93. The molecule has 1 saturated heterocycles. The van der Waals surface area contributed by atoms with Gasteiger partial charge < -0.3 is 14.3 Å². The summed E-state index contributed by atoms with van der Waals surface area (Å²) in [5.41, 5.74) is 1.78. The lowest BCUT2D eigenvalue weighted by Gasteiger charge is -2.31. The van der Waals surface area contributed by atoms with Crippen LogP contribution in [0.2, 0.25) is 0 Å². The maximum Gasteiger partial charge on any atom is 0.229 e. The summed E-state index contributed by atoms with van der Waals surface area (Å²) in [5, 5.41) is 7.10. The Morgan fingerprint density at radius 2 is 2.10 bits per heavy atom. The smallest absolute Gasteiger partial charge is 0.229 e. The van der Waals surface area contributed by atoms with Gasteiger partial charge in [0.2, 0.25) is 11.8 Å². The molecule has 1 aliphatic heterocycles. The molecule has 1 aliphatic rings. The number of rotatable bonds is 6. The van der Waals surface area contributed by atoms with Crippen LogP contribution in [0.4, 0.5) is 5.69 Å². The van der Waals surface area contributed by atoms with Gasteiger partial charge in [-0.25, -0.2) is 0 Å². The number of likely N-dealkylation sites (tertiary alicyclic amines) is 1. The van der Waals surface area contributed by atoms with Gasteiger partial charge in [0.05, 0.1) is 18.7 Å². The van der Waals surface area contributed by atoms with Crippen molar-refractivity contribution in [2.75, 3.05) is 18.4 Å². The summed E-state index contributed by atoms with van der Waals surface area (Å²) >= 11 is 0. The predicted octanol–water partition coefficient (Wildman–Crippen LogP) is 4.30. The maximum atomic E-state index is 12.8. The summed E-state index contributed by atoms with van der Waals surface area (Å²) in [5.74, 6) is 2.37. The Labute approximate surface area is 170 Å². The van der Waals surface area contributed by atoms with Crippen molar-refractivity contribution in [1.29, 1.82) is 0 Å². The number of piperidine rings is 1. The van der Waals surface area contributed by atoms with E-state index in [1.165, 1.54) is 0 Å². The summed E-state index contributed by atoms with van der Waals surface area (Å²) in [7, 11) is 0. The van der Waals surface area contributed by atoms with Crippen LogP contribution in [0.3, 0.4) is 0 Å². The van der Waals surface area contributed by atoms with Gasteiger partial charge in [-0.1, -0.05) is 19.0 Å². The Bertz CT molecular complexity index is 931. The minimum absolute atomic E-state index is 0.0510. The molecule has 1 atom stereocenters. The number of hydrogen-bond acceptors (Lipinski definition) is 6. The molecule has 1 N–H and O–H groups in total. The SMILES string of the molecule is CC(C)c1nc(CN2CCC[C@@H](C(=O)Nc3ccc(-c4ccco4)cc3)C2)no1. The summed E-state index contributed by atoms with van der Waals surface area (Å²) in [6, 6.07) is 11.5. The largest absolute Gasteiger partial charge is 0.464 e. The van der Waals surface area contributed by atoms with E-state index in [1.807, 2.05) is 50.2 Å². The number of carbonyl (C=O) groups excluding carboxylic acids is 1. The Balaban J connectivity index is 1.33. The molecule has 2 aromatic heterocycles. The lowest BCUT2D eigenvalue weighted by molar-refractivity contribution is -0.121. The van der Waals surface area contributed by atoms with Gasteiger partial charge in [0.1, 0.15) is 5.76 Å². The van der Waals surface area contributed by atoms with E-state index in [4.69, 9.17) is 8.94 Å². The molecular weight excluding hydrogens is 368 g/mol. The number of furan rings is 1. The van der Waals surface area contributed by atoms with E-state index in [2.05, 4.69) is 20.4 Å². The van der Waals surface area contributed by atoms with Gasteiger partial charge in [-0.3, -0.25) is 9.69 Å². The topological polar surface area (TPSA) is 84.4 Å². The molecule has 3 heterocycles. The number of carbonyl (C=O) groups is 1.